The molecular weight excluding hydrogens is 174 g/mol. The Morgan fingerprint density at radius 1 is 1.14 bits per heavy atom. The molecule has 2 rings (SSSR count). The van der Waals surface area contributed by atoms with Gasteiger partial charge in [-0.05, 0) is 32.1 Å². The summed E-state index contributed by atoms with van der Waals surface area (Å²) >= 11 is 0. The van der Waals surface area contributed by atoms with Crippen molar-refractivity contribution in [2.75, 3.05) is 6.61 Å². The SMILES string of the molecule is CC1CC(C(N)C2CCCCC2)CO1. The first-order valence-electron chi connectivity index (χ1n) is 6.14. The summed E-state index contributed by atoms with van der Waals surface area (Å²) in [7, 11) is 0. The Hall–Kier alpha value is -0.0800. The molecule has 1 saturated heterocycles. The normalized spacial score (nSPS) is 37.3. The highest BCUT2D eigenvalue weighted by molar-refractivity contribution is 4.86. The number of nitrogens with two attached hydrogens (primary N) is 1. The smallest absolute Gasteiger partial charge is 0.0551 e. The molecule has 0 aromatic carbocycles. The van der Waals surface area contributed by atoms with Crippen LogP contribution in [0.25, 0.3) is 0 Å². The van der Waals surface area contributed by atoms with Gasteiger partial charge in [0.15, 0.2) is 0 Å². The van der Waals surface area contributed by atoms with Gasteiger partial charge in [-0.1, -0.05) is 19.3 Å². The molecule has 2 aliphatic rings. The van der Waals surface area contributed by atoms with Crippen molar-refractivity contribution in [3.8, 4) is 0 Å². The van der Waals surface area contributed by atoms with E-state index in [-0.39, 0.29) is 0 Å². The summed E-state index contributed by atoms with van der Waals surface area (Å²) in [6, 6.07) is 0.403. The lowest BCUT2D eigenvalue weighted by atomic mass is 9.78. The number of ether oxygens (including phenoxy) is 1. The minimum Gasteiger partial charge on any atom is -0.378 e. The third-order valence-corrected chi connectivity index (χ3v) is 3.97. The molecule has 0 bridgehead atoms. The monoisotopic (exact) mass is 197 g/mol. The standard InChI is InChI=1S/C12H23NO/c1-9-7-11(8-14-9)12(13)10-5-3-2-4-6-10/h9-12H,2-8,13H2,1H3. The second-order valence-corrected chi connectivity index (χ2v) is 5.12. The molecule has 2 N–H and O–H groups in total. The first-order chi connectivity index (χ1) is 6.77. The summed E-state index contributed by atoms with van der Waals surface area (Å²) in [6.45, 7) is 3.06. The van der Waals surface area contributed by atoms with Gasteiger partial charge in [0.25, 0.3) is 0 Å². The fourth-order valence-electron chi connectivity index (χ4n) is 3.02. The highest BCUT2D eigenvalue weighted by Gasteiger charge is 2.32. The summed E-state index contributed by atoms with van der Waals surface area (Å²) < 4.78 is 5.60. The van der Waals surface area contributed by atoms with Crippen LogP contribution in [0.1, 0.15) is 45.4 Å². The van der Waals surface area contributed by atoms with Gasteiger partial charge in [-0.2, -0.15) is 0 Å². The maximum Gasteiger partial charge on any atom is 0.0551 e. The minimum atomic E-state index is 0.403. The summed E-state index contributed by atoms with van der Waals surface area (Å²) in [5, 5.41) is 0. The minimum absolute atomic E-state index is 0.403. The highest BCUT2D eigenvalue weighted by Crippen LogP contribution is 2.32. The van der Waals surface area contributed by atoms with E-state index in [1.54, 1.807) is 0 Å². The molecule has 82 valence electrons. The van der Waals surface area contributed by atoms with Gasteiger partial charge in [-0.3, -0.25) is 0 Å². The number of hydrogen-bond acceptors (Lipinski definition) is 2. The topological polar surface area (TPSA) is 35.2 Å². The van der Waals surface area contributed by atoms with E-state index in [4.69, 9.17) is 10.5 Å². The average molecular weight is 197 g/mol. The lowest BCUT2D eigenvalue weighted by Gasteiger charge is -2.30. The maximum atomic E-state index is 6.34. The van der Waals surface area contributed by atoms with Gasteiger partial charge in [-0.25, -0.2) is 0 Å². The Morgan fingerprint density at radius 2 is 1.86 bits per heavy atom. The van der Waals surface area contributed by atoms with Crippen molar-refractivity contribution in [1.82, 2.24) is 0 Å². The van der Waals surface area contributed by atoms with Crippen LogP contribution in [-0.2, 0) is 4.74 Å². The van der Waals surface area contributed by atoms with Crippen LogP contribution in [-0.4, -0.2) is 18.8 Å². The second kappa shape index (κ2) is 4.63. The molecule has 1 aliphatic heterocycles. The summed E-state index contributed by atoms with van der Waals surface area (Å²) in [5.74, 6) is 1.41. The lowest BCUT2D eigenvalue weighted by molar-refractivity contribution is 0.114. The van der Waals surface area contributed by atoms with Crippen LogP contribution >= 0.6 is 0 Å². The van der Waals surface area contributed by atoms with E-state index in [0.29, 0.717) is 18.1 Å². The molecule has 0 spiro atoms. The van der Waals surface area contributed by atoms with Crippen molar-refractivity contribution >= 4 is 0 Å². The molecular formula is C12H23NO. The molecule has 14 heavy (non-hydrogen) atoms. The lowest BCUT2D eigenvalue weighted by Crippen LogP contribution is -2.39. The van der Waals surface area contributed by atoms with E-state index in [9.17, 15) is 0 Å². The molecule has 2 nitrogen and oxygen atoms in total. The van der Waals surface area contributed by atoms with E-state index < -0.39 is 0 Å². The van der Waals surface area contributed by atoms with E-state index in [0.717, 1.165) is 12.5 Å². The van der Waals surface area contributed by atoms with Crippen molar-refractivity contribution in [2.24, 2.45) is 17.6 Å². The fourth-order valence-corrected chi connectivity index (χ4v) is 3.02. The van der Waals surface area contributed by atoms with E-state index in [1.165, 1.54) is 38.5 Å². The van der Waals surface area contributed by atoms with Gasteiger partial charge >= 0.3 is 0 Å². The Labute approximate surface area is 87.2 Å². The fraction of sp³-hybridized carbons (Fsp3) is 1.00. The zero-order valence-electron chi connectivity index (χ0n) is 9.24. The van der Waals surface area contributed by atoms with Gasteiger partial charge in [0.1, 0.15) is 0 Å². The Kier molecular flexibility index (Phi) is 3.45. The van der Waals surface area contributed by atoms with Gasteiger partial charge in [0, 0.05) is 12.0 Å². The van der Waals surface area contributed by atoms with Crippen LogP contribution in [0.3, 0.4) is 0 Å². The van der Waals surface area contributed by atoms with Crippen molar-refractivity contribution < 1.29 is 4.74 Å². The van der Waals surface area contributed by atoms with Crippen molar-refractivity contribution in [3.05, 3.63) is 0 Å². The van der Waals surface area contributed by atoms with Gasteiger partial charge < -0.3 is 10.5 Å². The predicted octanol–water partition coefficient (Wildman–Crippen LogP) is 2.32. The first kappa shape index (κ1) is 10.4. The molecule has 3 atom stereocenters. The Balaban J connectivity index is 1.84. The molecule has 2 heteroatoms. The predicted molar refractivity (Wildman–Crippen MR) is 58.1 cm³/mol. The Bertz CT molecular complexity index is 172. The van der Waals surface area contributed by atoms with E-state index in [2.05, 4.69) is 6.92 Å². The van der Waals surface area contributed by atoms with Crippen molar-refractivity contribution in [3.63, 3.8) is 0 Å². The van der Waals surface area contributed by atoms with Crippen LogP contribution in [0.5, 0.6) is 0 Å². The van der Waals surface area contributed by atoms with Gasteiger partial charge in [0.2, 0.25) is 0 Å². The van der Waals surface area contributed by atoms with E-state index in [1.807, 2.05) is 0 Å². The molecule has 0 amide bonds. The average Bonchev–Trinajstić information content (AvgIpc) is 2.65. The molecule has 1 saturated carbocycles. The molecule has 0 radical (unpaired) electrons. The molecule has 0 aromatic heterocycles. The highest BCUT2D eigenvalue weighted by atomic mass is 16.5. The van der Waals surface area contributed by atoms with Crippen LogP contribution in [0.4, 0.5) is 0 Å². The zero-order chi connectivity index (χ0) is 9.97. The first-order valence-corrected chi connectivity index (χ1v) is 6.14. The quantitative estimate of drug-likeness (QED) is 0.737. The summed E-state index contributed by atoms with van der Waals surface area (Å²) in [4.78, 5) is 0. The van der Waals surface area contributed by atoms with Crippen LogP contribution in [0.2, 0.25) is 0 Å². The van der Waals surface area contributed by atoms with Crippen LogP contribution in [0, 0.1) is 11.8 Å². The van der Waals surface area contributed by atoms with Crippen molar-refractivity contribution in [2.45, 2.75) is 57.6 Å². The third kappa shape index (κ3) is 2.29. The van der Waals surface area contributed by atoms with E-state index >= 15 is 0 Å². The maximum absolute atomic E-state index is 6.34. The molecule has 1 aliphatic carbocycles. The Morgan fingerprint density at radius 3 is 2.43 bits per heavy atom. The molecule has 3 unspecified atom stereocenters. The van der Waals surface area contributed by atoms with Crippen LogP contribution < -0.4 is 5.73 Å². The van der Waals surface area contributed by atoms with Gasteiger partial charge in [0.05, 0.1) is 12.7 Å². The third-order valence-electron chi connectivity index (χ3n) is 3.97. The molecule has 2 fully saturated rings. The number of hydrogen-bond donors (Lipinski definition) is 1. The number of rotatable bonds is 2. The summed E-state index contributed by atoms with van der Waals surface area (Å²) in [6.07, 6.45) is 8.52. The largest absolute Gasteiger partial charge is 0.378 e. The molecule has 0 aromatic rings. The van der Waals surface area contributed by atoms with Crippen molar-refractivity contribution in [1.29, 1.82) is 0 Å². The molecule has 1 heterocycles. The summed E-state index contributed by atoms with van der Waals surface area (Å²) in [5.41, 5.74) is 6.34. The van der Waals surface area contributed by atoms with Gasteiger partial charge in [-0.15, -0.1) is 0 Å². The zero-order valence-corrected chi connectivity index (χ0v) is 9.24. The second-order valence-electron chi connectivity index (χ2n) is 5.12. The van der Waals surface area contributed by atoms with Crippen LogP contribution in [0.15, 0.2) is 0 Å².